The molecule has 27 heavy (non-hydrogen) atoms. The molecule has 1 heterocycles. The van der Waals surface area contributed by atoms with Crippen LogP contribution in [-0.2, 0) is 9.59 Å². The number of hydrogen-bond donors (Lipinski definition) is 1. The summed E-state index contributed by atoms with van der Waals surface area (Å²) in [4.78, 5) is 26.3. The van der Waals surface area contributed by atoms with E-state index < -0.39 is 5.92 Å². The summed E-state index contributed by atoms with van der Waals surface area (Å²) in [5.41, 5.74) is 8.87. The number of ether oxygens (including phenoxy) is 1. The molecule has 4 rings (SSSR count). The van der Waals surface area contributed by atoms with E-state index in [1.807, 2.05) is 24.3 Å². The van der Waals surface area contributed by atoms with Crippen molar-refractivity contribution in [2.24, 2.45) is 16.6 Å². The molecule has 0 fully saturated rings. The van der Waals surface area contributed by atoms with Crippen LogP contribution >= 0.6 is 0 Å². The summed E-state index contributed by atoms with van der Waals surface area (Å²) in [6, 6.07) is 7.70. The third-order valence-corrected chi connectivity index (χ3v) is 5.87. The van der Waals surface area contributed by atoms with Gasteiger partial charge in [0.1, 0.15) is 11.5 Å². The van der Waals surface area contributed by atoms with E-state index in [4.69, 9.17) is 10.5 Å². The summed E-state index contributed by atoms with van der Waals surface area (Å²) in [7, 11) is 0. The van der Waals surface area contributed by atoms with Crippen LogP contribution in [0.25, 0.3) is 0 Å². The largest absolute Gasteiger partial charge is 0.461 e. The van der Waals surface area contributed by atoms with Crippen molar-refractivity contribution in [3.8, 4) is 5.75 Å². The number of ketones is 2. The Hall–Kier alpha value is -2.36. The summed E-state index contributed by atoms with van der Waals surface area (Å²) in [6.45, 7) is 8.28. The second kappa shape index (κ2) is 5.82. The molecule has 0 radical (unpaired) electrons. The maximum atomic E-state index is 13.1. The van der Waals surface area contributed by atoms with Gasteiger partial charge in [0.25, 0.3) is 0 Å². The van der Waals surface area contributed by atoms with Crippen molar-refractivity contribution in [1.29, 1.82) is 0 Å². The van der Waals surface area contributed by atoms with Gasteiger partial charge in [0.2, 0.25) is 0 Å². The Morgan fingerprint density at radius 3 is 2.15 bits per heavy atom. The minimum Gasteiger partial charge on any atom is -0.461 e. The lowest BCUT2D eigenvalue weighted by atomic mass is 9.66. The fourth-order valence-corrected chi connectivity index (χ4v) is 4.82. The van der Waals surface area contributed by atoms with Crippen molar-refractivity contribution in [1.82, 2.24) is 0 Å². The monoisotopic (exact) mass is 365 g/mol. The van der Waals surface area contributed by atoms with E-state index in [2.05, 4.69) is 27.7 Å². The van der Waals surface area contributed by atoms with Crippen LogP contribution in [0.15, 0.2) is 46.9 Å². The lowest BCUT2D eigenvalue weighted by Crippen LogP contribution is -2.37. The van der Waals surface area contributed by atoms with Crippen LogP contribution in [0.4, 0.5) is 0 Å². The van der Waals surface area contributed by atoms with Gasteiger partial charge < -0.3 is 10.5 Å². The zero-order valence-corrected chi connectivity index (χ0v) is 16.5. The quantitative estimate of drug-likeness (QED) is 0.800. The number of nitrogens with two attached hydrogens (primary N) is 1. The first kappa shape index (κ1) is 18.0. The minimum absolute atomic E-state index is 0.0509. The van der Waals surface area contributed by atoms with E-state index in [1.165, 1.54) is 0 Å². The third-order valence-electron chi connectivity index (χ3n) is 5.87. The predicted octanol–water partition coefficient (Wildman–Crippen LogP) is 4.41. The van der Waals surface area contributed by atoms with E-state index in [-0.39, 0.29) is 22.4 Å². The normalized spacial score (nSPS) is 26.4. The second-order valence-electron chi connectivity index (χ2n) is 9.73. The molecule has 142 valence electrons. The minimum atomic E-state index is -0.405. The fourth-order valence-electron chi connectivity index (χ4n) is 4.82. The molecule has 1 atom stereocenters. The Balaban J connectivity index is 1.93. The predicted molar refractivity (Wildman–Crippen MR) is 104 cm³/mol. The molecule has 1 aliphatic heterocycles. The first-order valence-corrected chi connectivity index (χ1v) is 9.63. The van der Waals surface area contributed by atoms with E-state index >= 15 is 0 Å². The van der Waals surface area contributed by atoms with Crippen LogP contribution in [0, 0.1) is 10.8 Å². The van der Waals surface area contributed by atoms with E-state index in [0.29, 0.717) is 48.3 Å². The molecule has 1 aromatic carbocycles. The maximum absolute atomic E-state index is 13.1. The molecule has 0 spiro atoms. The van der Waals surface area contributed by atoms with Gasteiger partial charge in [-0.3, -0.25) is 9.59 Å². The van der Waals surface area contributed by atoms with Gasteiger partial charge in [0, 0.05) is 47.6 Å². The summed E-state index contributed by atoms with van der Waals surface area (Å²) in [5.74, 6) is 1.15. The highest BCUT2D eigenvalue weighted by Gasteiger charge is 2.46. The number of Topliss-reactive ketones (excluding diaryl/α,β-unsaturated/α-hetero) is 2. The van der Waals surface area contributed by atoms with Gasteiger partial charge in [0.05, 0.1) is 0 Å². The Kier molecular flexibility index (Phi) is 3.88. The number of allylic oxidation sites excluding steroid dienone is 4. The average molecular weight is 365 g/mol. The van der Waals surface area contributed by atoms with Crippen molar-refractivity contribution >= 4 is 11.6 Å². The molecule has 1 unspecified atom stereocenters. The average Bonchev–Trinajstić information content (AvgIpc) is 2.50. The first-order valence-electron chi connectivity index (χ1n) is 9.63. The molecule has 0 amide bonds. The van der Waals surface area contributed by atoms with Crippen LogP contribution in [0.3, 0.4) is 0 Å². The molecule has 4 nitrogen and oxygen atoms in total. The van der Waals surface area contributed by atoms with Crippen LogP contribution in [0.1, 0.15) is 64.9 Å². The molecule has 4 heteroatoms. The third kappa shape index (κ3) is 3.01. The Morgan fingerprint density at radius 1 is 0.889 bits per heavy atom. The molecule has 0 bridgehead atoms. The summed E-state index contributed by atoms with van der Waals surface area (Å²) >= 11 is 0. The van der Waals surface area contributed by atoms with E-state index in [9.17, 15) is 9.59 Å². The molecule has 0 aromatic heterocycles. The zero-order valence-electron chi connectivity index (χ0n) is 16.5. The van der Waals surface area contributed by atoms with Crippen molar-refractivity contribution < 1.29 is 14.3 Å². The zero-order chi connectivity index (χ0) is 19.6. The number of fused-ring (bicyclic) bond motifs is 1. The summed E-state index contributed by atoms with van der Waals surface area (Å²) in [6.07, 6.45) is 2.26. The molecule has 3 aliphatic rings. The van der Waals surface area contributed by atoms with Gasteiger partial charge >= 0.3 is 0 Å². The van der Waals surface area contributed by atoms with Crippen LogP contribution in [0.5, 0.6) is 5.75 Å². The first-order chi connectivity index (χ1) is 12.6. The van der Waals surface area contributed by atoms with E-state index in [0.717, 1.165) is 11.3 Å². The number of hydrogen-bond acceptors (Lipinski definition) is 4. The van der Waals surface area contributed by atoms with Gasteiger partial charge in [-0.2, -0.15) is 0 Å². The number of benzene rings is 1. The summed E-state index contributed by atoms with van der Waals surface area (Å²) < 4.78 is 6.16. The van der Waals surface area contributed by atoms with Gasteiger partial charge in [-0.1, -0.05) is 45.9 Å². The van der Waals surface area contributed by atoms with Crippen molar-refractivity contribution in [2.75, 3.05) is 0 Å². The van der Waals surface area contributed by atoms with Crippen molar-refractivity contribution in [2.45, 2.75) is 59.3 Å². The van der Waals surface area contributed by atoms with Crippen LogP contribution in [-0.4, -0.2) is 11.6 Å². The standard InChI is InChI=1S/C23H27NO3/c1-22(2)9-14(24)20(15(25)10-22)19-13-7-5-6-8-17(13)27-18-12-23(3,4)11-16(26)21(18)19/h5-8,19H,9-12,24H2,1-4H3. The molecule has 2 aliphatic carbocycles. The highest BCUT2D eigenvalue weighted by molar-refractivity contribution is 6.06. The second-order valence-corrected chi connectivity index (χ2v) is 9.73. The highest BCUT2D eigenvalue weighted by Crippen LogP contribution is 2.52. The topological polar surface area (TPSA) is 69.4 Å². The Morgan fingerprint density at radius 2 is 1.48 bits per heavy atom. The van der Waals surface area contributed by atoms with Gasteiger partial charge in [-0.25, -0.2) is 0 Å². The number of para-hydroxylation sites is 1. The fraction of sp³-hybridized carbons (Fsp3) is 0.478. The SMILES string of the molecule is CC1(C)CC(=O)C(C2C3=C(CC(C)(C)CC3=O)Oc3ccccc32)=C(N)C1. The molecular weight excluding hydrogens is 338 g/mol. The Labute approximate surface area is 160 Å². The molecule has 0 saturated heterocycles. The molecular formula is C23H27NO3. The lowest BCUT2D eigenvalue weighted by Gasteiger charge is -2.40. The highest BCUT2D eigenvalue weighted by atomic mass is 16.5. The van der Waals surface area contributed by atoms with Crippen molar-refractivity contribution in [3.63, 3.8) is 0 Å². The van der Waals surface area contributed by atoms with Crippen LogP contribution in [0.2, 0.25) is 0 Å². The molecule has 2 N–H and O–H groups in total. The maximum Gasteiger partial charge on any atom is 0.163 e. The smallest absolute Gasteiger partial charge is 0.163 e. The number of rotatable bonds is 1. The van der Waals surface area contributed by atoms with Gasteiger partial charge in [0.15, 0.2) is 11.6 Å². The van der Waals surface area contributed by atoms with Crippen LogP contribution < -0.4 is 10.5 Å². The molecule has 1 aromatic rings. The molecule has 0 saturated carbocycles. The van der Waals surface area contributed by atoms with Crippen molar-refractivity contribution in [3.05, 3.63) is 52.4 Å². The van der Waals surface area contributed by atoms with E-state index in [1.54, 1.807) is 0 Å². The lowest BCUT2D eigenvalue weighted by molar-refractivity contribution is -0.119. The Bertz CT molecular complexity index is 917. The van der Waals surface area contributed by atoms with Gasteiger partial charge in [-0.15, -0.1) is 0 Å². The number of carbonyl (C=O) groups excluding carboxylic acids is 2. The van der Waals surface area contributed by atoms with Gasteiger partial charge in [-0.05, 0) is 23.3 Å². The number of carbonyl (C=O) groups is 2. The summed E-state index contributed by atoms with van der Waals surface area (Å²) in [5, 5.41) is 0.